The van der Waals surface area contributed by atoms with Gasteiger partial charge in [0.1, 0.15) is 43.3 Å². The van der Waals surface area contributed by atoms with Gasteiger partial charge in [-0.1, -0.05) is 39.0 Å². The average Bonchev–Trinajstić information content (AvgIpc) is 1.93. The second-order valence-electron chi connectivity index (χ2n) is 22.8. The van der Waals surface area contributed by atoms with E-state index in [1.807, 2.05) is 0 Å². The highest BCUT2D eigenvalue weighted by molar-refractivity contribution is 6.15. The number of carbonyl (C=O) groups is 6. The molecule has 2 heterocycles. The van der Waals surface area contributed by atoms with Gasteiger partial charge in [-0.3, -0.25) is 33.7 Å². The van der Waals surface area contributed by atoms with Crippen LogP contribution >= 0.6 is 0 Å². The summed E-state index contributed by atoms with van der Waals surface area (Å²) >= 11 is 0. The van der Waals surface area contributed by atoms with E-state index in [1.165, 1.54) is 0 Å². The summed E-state index contributed by atoms with van der Waals surface area (Å²) in [5.41, 5.74) is 1.51. The maximum absolute atomic E-state index is 14.2. The van der Waals surface area contributed by atoms with Crippen molar-refractivity contribution >= 4 is 41.1 Å². The molecule has 1 fully saturated rings. The molecule has 2 aromatic rings. The van der Waals surface area contributed by atoms with Crippen molar-refractivity contribution in [1.82, 2.24) is 10.2 Å². The Morgan fingerprint density at radius 2 is 1.08 bits per heavy atom. The highest BCUT2D eigenvalue weighted by Gasteiger charge is 2.39. The molecular weight excluding hydrogens is 1180 g/mol. The van der Waals surface area contributed by atoms with Crippen LogP contribution in [0, 0.1) is 17.3 Å². The van der Waals surface area contributed by atoms with Crippen molar-refractivity contribution in [2.75, 3.05) is 164 Å². The minimum absolute atomic E-state index is 0.0694. The number of ether oxygens (including phenoxy) is 14. The van der Waals surface area contributed by atoms with Gasteiger partial charge in [-0.15, -0.1) is 0 Å². The maximum Gasteiger partial charge on any atom is 0.311 e. The van der Waals surface area contributed by atoms with Crippen LogP contribution in [-0.2, 0) is 110 Å². The van der Waals surface area contributed by atoms with Crippen LogP contribution in [0.3, 0.4) is 0 Å². The molecule has 5 N–H and O–H groups in total. The van der Waals surface area contributed by atoms with E-state index >= 15 is 0 Å². The zero-order valence-electron chi connectivity index (χ0n) is 53.6. The van der Waals surface area contributed by atoms with Gasteiger partial charge in [-0.05, 0) is 80.5 Å². The second-order valence-corrected chi connectivity index (χ2v) is 22.8. The fourth-order valence-corrected chi connectivity index (χ4v) is 8.92. The molecule has 7 atom stereocenters. The number of aliphatic hydroxyl groups is 3. The lowest BCUT2D eigenvalue weighted by Gasteiger charge is -2.35. The highest BCUT2D eigenvalue weighted by atomic mass is 16.6. The van der Waals surface area contributed by atoms with Crippen LogP contribution < -0.4 is 15.4 Å². The summed E-state index contributed by atoms with van der Waals surface area (Å²) in [4.78, 5) is 81.3. The number of rotatable bonds is 50. The van der Waals surface area contributed by atoms with E-state index in [0.717, 1.165) is 17.1 Å². The number of aliphatic hydroxyl groups excluding tert-OH is 3. The van der Waals surface area contributed by atoms with Gasteiger partial charge in [-0.25, -0.2) is 0 Å². The Morgan fingerprint density at radius 1 is 0.611 bits per heavy atom. The number of imide groups is 1. The van der Waals surface area contributed by atoms with Crippen molar-refractivity contribution < 1.29 is 110 Å². The SMILES string of the molecule is COCCOCCOCCOCCOCCOCCOCCOCCOCCOCCOCCOc1ccc(C[C@H](C(=O)N[C@@H](C(=O)C[C@H](C)C(=O)Nc2ccc(COC(=O)C(C)(C)C)c(CC[C@@H]3OC[C@@H](O)[C@H](O)[C@H]3O)c2)C(C)C)N2C(=O)C=CC2=O)cc1. The molecular formula is C64H99N3O23. The second kappa shape index (κ2) is 44.2. The van der Waals surface area contributed by atoms with Crippen molar-refractivity contribution in [3.05, 3.63) is 71.3 Å². The number of methoxy groups -OCH3 is 1. The number of carbonyl (C=O) groups excluding carboxylic acids is 6. The molecule has 2 aromatic carbocycles. The van der Waals surface area contributed by atoms with Gasteiger partial charge in [0.15, 0.2) is 5.78 Å². The third-order valence-corrected chi connectivity index (χ3v) is 14.1. The standard InChI is InChI=1S/C64H99N3O23/c1-45(2)58(53(68)40-46(3)61(74)65-50-12-10-49(43-90-63(76)64(4,5)6)48(42-50)11-15-55-60(73)59(72)54(69)44-89-55)66-62(75)52(67-56(70)16-17-57(67)71)41-47-8-13-51(14-9-47)88-39-38-87-37-36-86-35-34-85-33-32-84-31-30-83-29-28-82-27-26-81-25-24-80-23-22-79-21-20-78-19-18-77-7/h8-10,12-14,16-17,42,45-46,52,54-55,58-60,69,72-73H,11,15,18-41,43-44H2,1-7H3,(H,65,74)(H,66,75)/t46-,52+,54+,55-,58+,59-,60-/m0/s1. The van der Waals surface area contributed by atoms with Crippen LogP contribution in [0.4, 0.5) is 5.69 Å². The number of nitrogens with one attached hydrogen (secondary N) is 2. The van der Waals surface area contributed by atoms with Crippen molar-refractivity contribution in [3.8, 4) is 5.75 Å². The van der Waals surface area contributed by atoms with Crippen LogP contribution in [0.5, 0.6) is 5.75 Å². The van der Waals surface area contributed by atoms with Crippen molar-refractivity contribution in [3.63, 3.8) is 0 Å². The van der Waals surface area contributed by atoms with Gasteiger partial charge >= 0.3 is 5.97 Å². The third kappa shape index (κ3) is 30.4. The summed E-state index contributed by atoms with van der Waals surface area (Å²) < 4.78 is 76.9. The monoisotopic (exact) mass is 1280 g/mol. The number of Topliss-reactive ketones (excluding diaryl/α,β-unsaturated/α-hetero) is 1. The fraction of sp³-hybridized carbons (Fsp3) is 0.688. The molecule has 0 bridgehead atoms. The van der Waals surface area contributed by atoms with Crippen LogP contribution in [0.25, 0.3) is 0 Å². The topological polar surface area (TPSA) is 320 Å². The first-order valence-corrected chi connectivity index (χ1v) is 30.9. The lowest BCUT2D eigenvalue weighted by atomic mass is 9.92. The number of hydrogen-bond acceptors (Lipinski definition) is 23. The number of esters is 1. The van der Waals surface area contributed by atoms with Crippen LogP contribution in [0.2, 0.25) is 0 Å². The molecule has 2 aliphatic rings. The Hall–Kier alpha value is -5.40. The minimum Gasteiger partial charge on any atom is -0.491 e. The zero-order chi connectivity index (χ0) is 65.5. The Kier molecular flexibility index (Phi) is 37.8. The van der Waals surface area contributed by atoms with E-state index in [1.54, 1.807) is 91.1 Å². The molecule has 0 saturated carbocycles. The Morgan fingerprint density at radius 3 is 1.53 bits per heavy atom. The molecule has 0 unspecified atom stereocenters. The van der Waals surface area contributed by atoms with Gasteiger partial charge in [0, 0.05) is 43.7 Å². The normalized spacial score (nSPS) is 17.8. The zero-order valence-corrected chi connectivity index (χ0v) is 53.6. The van der Waals surface area contributed by atoms with Crippen LogP contribution in [-0.4, -0.2) is 251 Å². The van der Waals surface area contributed by atoms with E-state index in [9.17, 15) is 44.1 Å². The van der Waals surface area contributed by atoms with E-state index < -0.39 is 89.1 Å². The number of ketones is 1. The molecule has 26 nitrogen and oxygen atoms in total. The van der Waals surface area contributed by atoms with Gasteiger partial charge in [0.05, 0.1) is 163 Å². The molecule has 508 valence electrons. The summed E-state index contributed by atoms with van der Waals surface area (Å²) in [6, 6.07) is 9.44. The number of hydrogen-bond donors (Lipinski definition) is 5. The van der Waals surface area contributed by atoms with Gasteiger partial charge in [-0.2, -0.15) is 0 Å². The first kappa shape index (κ1) is 77.1. The van der Waals surface area contributed by atoms with Gasteiger partial charge in [0.2, 0.25) is 11.8 Å². The fourth-order valence-electron chi connectivity index (χ4n) is 8.92. The summed E-state index contributed by atoms with van der Waals surface area (Å²) in [6.45, 7) is 19.8. The van der Waals surface area contributed by atoms with E-state index in [4.69, 9.17) is 66.3 Å². The van der Waals surface area contributed by atoms with Crippen molar-refractivity contribution in [2.24, 2.45) is 17.3 Å². The molecule has 0 radical (unpaired) electrons. The Balaban J connectivity index is 1.09. The van der Waals surface area contributed by atoms with E-state index in [0.29, 0.717) is 167 Å². The Bertz CT molecular complexity index is 2400. The third-order valence-electron chi connectivity index (χ3n) is 14.1. The van der Waals surface area contributed by atoms with Crippen molar-refractivity contribution in [2.45, 2.75) is 110 Å². The molecule has 4 amide bonds. The average molecular weight is 1280 g/mol. The molecule has 0 spiro atoms. The summed E-state index contributed by atoms with van der Waals surface area (Å²) in [5.74, 6) is -4.25. The largest absolute Gasteiger partial charge is 0.491 e. The number of aryl methyl sites for hydroxylation is 1. The molecule has 0 aromatic heterocycles. The number of nitrogens with zero attached hydrogens (tertiary/aromatic N) is 1. The number of benzene rings is 2. The molecule has 0 aliphatic carbocycles. The lowest BCUT2D eigenvalue weighted by molar-refractivity contribution is -0.188. The number of amides is 4. The predicted octanol–water partition coefficient (Wildman–Crippen LogP) is 2.59. The van der Waals surface area contributed by atoms with Crippen molar-refractivity contribution in [1.29, 1.82) is 0 Å². The van der Waals surface area contributed by atoms with E-state index in [2.05, 4.69) is 10.6 Å². The quantitative estimate of drug-likeness (QED) is 0.0361. The number of anilines is 1. The first-order chi connectivity index (χ1) is 43.3. The minimum atomic E-state index is -1.39. The Labute approximate surface area is 529 Å². The summed E-state index contributed by atoms with van der Waals surface area (Å²) in [5, 5.41) is 36.4. The maximum atomic E-state index is 14.2. The smallest absolute Gasteiger partial charge is 0.311 e. The summed E-state index contributed by atoms with van der Waals surface area (Å²) in [7, 11) is 1.63. The van der Waals surface area contributed by atoms with Crippen LogP contribution in [0.1, 0.15) is 71.1 Å². The highest BCUT2D eigenvalue weighted by Crippen LogP contribution is 2.26. The molecule has 2 aliphatic heterocycles. The predicted molar refractivity (Wildman–Crippen MR) is 326 cm³/mol. The van der Waals surface area contributed by atoms with Gasteiger partial charge in [0.25, 0.3) is 11.8 Å². The molecule has 4 rings (SSSR count). The lowest BCUT2D eigenvalue weighted by Crippen LogP contribution is -2.55. The molecule has 90 heavy (non-hydrogen) atoms. The first-order valence-electron chi connectivity index (χ1n) is 30.9. The molecule has 26 heteroatoms. The molecule has 1 saturated heterocycles. The summed E-state index contributed by atoms with van der Waals surface area (Å²) in [6.07, 6.45) is -2.43. The van der Waals surface area contributed by atoms with Gasteiger partial charge < -0.3 is 92.3 Å². The van der Waals surface area contributed by atoms with Crippen LogP contribution in [0.15, 0.2) is 54.6 Å². The van der Waals surface area contributed by atoms with E-state index in [-0.39, 0.29) is 45.5 Å².